The Kier molecular flexibility index (Phi) is 6.72. The second-order valence-electron chi connectivity index (χ2n) is 5.54. The topological polar surface area (TPSA) is 76.7 Å². The van der Waals surface area contributed by atoms with Gasteiger partial charge >= 0.3 is 0 Å². The van der Waals surface area contributed by atoms with Crippen LogP contribution in [0.25, 0.3) is 0 Å². The molecule has 1 fully saturated rings. The van der Waals surface area contributed by atoms with Gasteiger partial charge in [-0.05, 0) is 31.9 Å². The molecule has 126 valence electrons. The molecule has 0 radical (unpaired) electrons. The van der Waals surface area contributed by atoms with Gasteiger partial charge in [0, 0.05) is 5.92 Å². The Bertz CT molecular complexity index is 527. The van der Waals surface area contributed by atoms with E-state index >= 15 is 0 Å². The third-order valence-electron chi connectivity index (χ3n) is 3.81. The average Bonchev–Trinajstić information content (AvgIpc) is 2.60. The van der Waals surface area contributed by atoms with Gasteiger partial charge in [0.25, 0.3) is 5.91 Å². The number of carbonyl (C=O) groups excluding carboxylic acids is 2. The van der Waals surface area contributed by atoms with Gasteiger partial charge in [0.2, 0.25) is 5.91 Å². The number of ether oxygens (including phenoxy) is 2. The lowest BCUT2D eigenvalue weighted by Crippen LogP contribution is -2.46. The third kappa shape index (κ3) is 5.47. The van der Waals surface area contributed by atoms with Crippen molar-refractivity contribution in [3.63, 3.8) is 0 Å². The maximum absolute atomic E-state index is 11.9. The monoisotopic (exact) mass is 320 g/mol. The number of rotatable bonds is 6. The Morgan fingerprint density at radius 1 is 1.04 bits per heavy atom. The van der Waals surface area contributed by atoms with E-state index in [0.29, 0.717) is 18.1 Å². The average molecular weight is 320 g/mol. The number of carbonyl (C=O) groups is 2. The van der Waals surface area contributed by atoms with E-state index in [4.69, 9.17) is 9.47 Å². The van der Waals surface area contributed by atoms with E-state index in [9.17, 15) is 9.59 Å². The number of hydrazine groups is 1. The molecule has 2 N–H and O–H groups in total. The highest BCUT2D eigenvalue weighted by atomic mass is 16.5. The summed E-state index contributed by atoms with van der Waals surface area (Å²) in [5, 5.41) is 0. The number of nitrogens with one attached hydrogen (secondary N) is 2. The molecule has 23 heavy (non-hydrogen) atoms. The zero-order valence-corrected chi connectivity index (χ0v) is 13.5. The summed E-state index contributed by atoms with van der Waals surface area (Å²) in [5.41, 5.74) is 4.88. The molecule has 0 atom stereocenters. The van der Waals surface area contributed by atoms with Gasteiger partial charge in [-0.2, -0.15) is 0 Å². The summed E-state index contributed by atoms with van der Waals surface area (Å²) >= 11 is 0. The molecular weight excluding hydrogens is 296 g/mol. The summed E-state index contributed by atoms with van der Waals surface area (Å²) in [6, 6.07) is 7.16. The Labute approximate surface area is 136 Å². The number of para-hydroxylation sites is 2. The largest absolute Gasteiger partial charge is 0.490 e. The minimum absolute atomic E-state index is 0.00338. The lowest BCUT2D eigenvalue weighted by atomic mass is 9.89. The van der Waals surface area contributed by atoms with Crippen molar-refractivity contribution >= 4 is 11.8 Å². The van der Waals surface area contributed by atoms with E-state index in [-0.39, 0.29) is 18.4 Å². The molecule has 6 heteroatoms. The van der Waals surface area contributed by atoms with Gasteiger partial charge in [0.05, 0.1) is 6.61 Å². The van der Waals surface area contributed by atoms with Crippen LogP contribution in [0.2, 0.25) is 0 Å². The van der Waals surface area contributed by atoms with Crippen molar-refractivity contribution in [3.8, 4) is 11.5 Å². The second-order valence-corrected chi connectivity index (χ2v) is 5.54. The van der Waals surface area contributed by atoms with Gasteiger partial charge in [-0.25, -0.2) is 0 Å². The lowest BCUT2D eigenvalue weighted by molar-refractivity contribution is -0.132. The summed E-state index contributed by atoms with van der Waals surface area (Å²) < 4.78 is 10.9. The van der Waals surface area contributed by atoms with E-state index in [1.54, 1.807) is 18.2 Å². The Morgan fingerprint density at radius 3 is 2.35 bits per heavy atom. The van der Waals surface area contributed by atoms with E-state index < -0.39 is 5.91 Å². The first kappa shape index (κ1) is 17.1. The third-order valence-corrected chi connectivity index (χ3v) is 3.81. The van der Waals surface area contributed by atoms with Crippen LogP contribution in [0, 0.1) is 5.92 Å². The van der Waals surface area contributed by atoms with Crippen LogP contribution in [0.15, 0.2) is 24.3 Å². The van der Waals surface area contributed by atoms with Gasteiger partial charge in [-0.15, -0.1) is 0 Å². The second kappa shape index (κ2) is 9.02. The molecule has 0 bridgehead atoms. The highest BCUT2D eigenvalue weighted by molar-refractivity contribution is 5.84. The van der Waals surface area contributed by atoms with Crippen molar-refractivity contribution < 1.29 is 19.1 Å². The van der Waals surface area contributed by atoms with Crippen LogP contribution in [-0.4, -0.2) is 25.0 Å². The summed E-state index contributed by atoms with van der Waals surface area (Å²) in [6.45, 7) is 2.21. The van der Waals surface area contributed by atoms with E-state index in [1.807, 2.05) is 13.0 Å². The van der Waals surface area contributed by atoms with E-state index in [1.165, 1.54) is 6.42 Å². The van der Waals surface area contributed by atoms with Crippen molar-refractivity contribution in [2.45, 2.75) is 39.0 Å². The van der Waals surface area contributed by atoms with Gasteiger partial charge < -0.3 is 9.47 Å². The molecule has 1 saturated carbocycles. The zero-order valence-electron chi connectivity index (χ0n) is 13.5. The summed E-state index contributed by atoms with van der Waals surface area (Å²) in [6.07, 6.45) is 5.11. The minimum atomic E-state index is -0.402. The van der Waals surface area contributed by atoms with Crippen LogP contribution < -0.4 is 20.3 Å². The summed E-state index contributed by atoms with van der Waals surface area (Å²) in [5.74, 6) is 0.578. The van der Waals surface area contributed by atoms with Crippen molar-refractivity contribution in [2.75, 3.05) is 13.2 Å². The molecule has 0 saturated heterocycles. The van der Waals surface area contributed by atoms with Gasteiger partial charge in [0.15, 0.2) is 18.1 Å². The molecule has 2 amide bonds. The highest BCUT2D eigenvalue weighted by Crippen LogP contribution is 2.26. The standard InChI is InChI=1S/C17H24N2O4/c1-2-22-14-10-6-7-11-15(14)23-12-16(20)18-19-17(21)13-8-4-3-5-9-13/h6-7,10-11,13H,2-5,8-9,12H2,1H3,(H,18,20)(H,19,21). The van der Waals surface area contributed by atoms with Crippen LogP contribution in [0.4, 0.5) is 0 Å². The molecule has 6 nitrogen and oxygen atoms in total. The van der Waals surface area contributed by atoms with Crippen LogP contribution >= 0.6 is 0 Å². The molecule has 2 rings (SSSR count). The predicted octanol–water partition coefficient (Wildman–Crippen LogP) is 2.19. The fourth-order valence-electron chi connectivity index (χ4n) is 2.62. The van der Waals surface area contributed by atoms with Crippen molar-refractivity contribution in [1.29, 1.82) is 0 Å². The fourth-order valence-corrected chi connectivity index (χ4v) is 2.62. The van der Waals surface area contributed by atoms with E-state index in [2.05, 4.69) is 10.9 Å². The predicted molar refractivity (Wildman–Crippen MR) is 86.0 cm³/mol. The molecular formula is C17H24N2O4. The Hall–Kier alpha value is -2.24. The molecule has 1 aliphatic carbocycles. The number of benzene rings is 1. The fraction of sp³-hybridized carbons (Fsp3) is 0.529. The SMILES string of the molecule is CCOc1ccccc1OCC(=O)NNC(=O)C1CCCCC1. The molecule has 0 aromatic heterocycles. The first-order chi connectivity index (χ1) is 11.2. The smallest absolute Gasteiger partial charge is 0.276 e. The van der Waals surface area contributed by atoms with Crippen molar-refractivity contribution in [3.05, 3.63) is 24.3 Å². The Morgan fingerprint density at radius 2 is 1.70 bits per heavy atom. The molecule has 0 aliphatic heterocycles. The van der Waals surface area contributed by atoms with Gasteiger partial charge in [-0.3, -0.25) is 20.4 Å². The summed E-state index contributed by atoms with van der Waals surface area (Å²) in [7, 11) is 0. The molecule has 1 aromatic rings. The van der Waals surface area contributed by atoms with Crippen LogP contribution in [-0.2, 0) is 9.59 Å². The quantitative estimate of drug-likeness (QED) is 0.788. The van der Waals surface area contributed by atoms with Gasteiger partial charge in [0.1, 0.15) is 0 Å². The van der Waals surface area contributed by atoms with Crippen molar-refractivity contribution in [1.82, 2.24) is 10.9 Å². The Balaban J connectivity index is 1.73. The van der Waals surface area contributed by atoms with Crippen LogP contribution in [0.5, 0.6) is 11.5 Å². The number of amides is 2. The van der Waals surface area contributed by atoms with Crippen LogP contribution in [0.1, 0.15) is 39.0 Å². The summed E-state index contributed by atoms with van der Waals surface area (Å²) in [4.78, 5) is 23.7. The van der Waals surface area contributed by atoms with Gasteiger partial charge in [-0.1, -0.05) is 31.4 Å². The maximum Gasteiger partial charge on any atom is 0.276 e. The van der Waals surface area contributed by atoms with Crippen LogP contribution in [0.3, 0.4) is 0 Å². The molecule has 0 unspecified atom stereocenters. The first-order valence-electron chi connectivity index (χ1n) is 8.14. The maximum atomic E-state index is 11.9. The zero-order chi connectivity index (χ0) is 16.5. The lowest BCUT2D eigenvalue weighted by Gasteiger charge is -2.20. The van der Waals surface area contributed by atoms with Crippen molar-refractivity contribution in [2.24, 2.45) is 5.92 Å². The molecule has 0 spiro atoms. The number of hydrogen-bond donors (Lipinski definition) is 2. The highest BCUT2D eigenvalue weighted by Gasteiger charge is 2.21. The molecule has 1 aliphatic rings. The normalized spacial score (nSPS) is 14.8. The molecule has 1 aromatic carbocycles. The number of hydrogen-bond acceptors (Lipinski definition) is 4. The molecule has 0 heterocycles. The first-order valence-corrected chi connectivity index (χ1v) is 8.14. The minimum Gasteiger partial charge on any atom is -0.490 e. The van der Waals surface area contributed by atoms with E-state index in [0.717, 1.165) is 25.7 Å².